The lowest BCUT2D eigenvalue weighted by Gasteiger charge is -2.22. The monoisotopic (exact) mass is 352 g/mol. The topological polar surface area (TPSA) is 113 Å². The Balaban J connectivity index is 1.99. The van der Waals surface area contributed by atoms with Gasteiger partial charge in [-0.05, 0) is 37.1 Å². The molecule has 3 N–H and O–H groups in total. The molecule has 1 aliphatic rings. The van der Waals surface area contributed by atoms with E-state index in [1.165, 1.54) is 24.3 Å². The van der Waals surface area contributed by atoms with Gasteiger partial charge in [-0.25, -0.2) is 17.9 Å². The fourth-order valence-electron chi connectivity index (χ4n) is 2.56. The summed E-state index contributed by atoms with van der Waals surface area (Å²) in [6.07, 6.45) is 6.51. The van der Waals surface area contributed by atoms with Gasteiger partial charge in [-0.15, -0.1) is 0 Å². The van der Waals surface area contributed by atoms with E-state index in [0.717, 1.165) is 44.3 Å². The summed E-state index contributed by atoms with van der Waals surface area (Å²) in [6.45, 7) is 0. The van der Waals surface area contributed by atoms with Gasteiger partial charge in [-0.2, -0.15) is 0 Å². The van der Waals surface area contributed by atoms with E-state index in [-0.39, 0.29) is 10.9 Å². The highest BCUT2D eigenvalue weighted by molar-refractivity contribution is 7.89. The standard InChI is InChI=1S/C16H20N2O5S/c19-15(10-11-16(20)21)17-12-6-8-14(9-7-12)24(22,23)18-13-4-2-1-3-5-13/h6-11,13,18H,1-5H2,(H,17,19)(H,20,21)/b11-10+. The van der Waals surface area contributed by atoms with Gasteiger partial charge in [0.15, 0.2) is 0 Å². The van der Waals surface area contributed by atoms with E-state index in [0.29, 0.717) is 5.69 Å². The third-order valence-electron chi connectivity index (χ3n) is 3.74. The number of aliphatic carboxylic acids is 1. The lowest BCUT2D eigenvalue weighted by molar-refractivity contribution is -0.131. The Kier molecular flexibility index (Phi) is 6.10. The molecule has 7 nitrogen and oxygen atoms in total. The normalized spacial score (nSPS) is 16.2. The van der Waals surface area contributed by atoms with Crippen molar-refractivity contribution in [3.63, 3.8) is 0 Å². The minimum absolute atomic E-state index is 0.0238. The van der Waals surface area contributed by atoms with Crippen LogP contribution in [0.1, 0.15) is 32.1 Å². The van der Waals surface area contributed by atoms with Crippen LogP contribution in [0.4, 0.5) is 5.69 Å². The Morgan fingerprint density at radius 3 is 2.25 bits per heavy atom. The molecule has 24 heavy (non-hydrogen) atoms. The average Bonchev–Trinajstić information content (AvgIpc) is 2.54. The summed E-state index contributed by atoms with van der Waals surface area (Å²) >= 11 is 0. The lowest BCUT2D eigenvalue weighted by Crippen LogP contribution is -2.36. The Labute approximate surface area is 140 Å². The van der Waals surface area contributed by atoms with Crippen molar-refractivity contribution in [1.82, 2.24) is 4.72 Å². The van der Waals surface area contributed by atoms with E-state index >= 15 is 0 Å². The summed E-state index contributed by atoms with van der Waals surface area (Å²) in [4.78, 5) is 21.9. The van der Waals surface area contributed by atoms with Crippen LogP contribution in [0, 0.1) is 0 Å². The predicted octanol–water partition coefficient (Wildman–Crippen LogP) is 1.88. The Bertz CT molecular complexity index is 719. The van der Waals surface area contributed by atoms with E-state index in [1.807, 2.05) is 0 Å². The molecule has 1 amide bonds. The van der Waals surface area contributed by atoms with Gasteiger partial charge in [0, 0.05) is 23.9 Å². The van der Waals surface area contributed by atoms with Gasteiger partial charge in [-0.3, -0.25) is 4.79 Å². The summed E-state index contributed by atoms with van der Waals surface area (Å²) in [5.41, 5.74) is 0.381. The van der Waals surface area contributed by atoms with Crippen LogP contribution in [0.2, 0.25) is 0 Å². The summed E-state index contributed by atoms with van der Waals surface area (Å²) < 4.78 is 27.4. The number of carbonyl (C=O) groups is 2. The first kappa shape index (κ1) is 18.2. The minimum Gasteiger partial charge on any atom is -0.478 e. The molecule has 0 bridgehead atoms. The molecule has 1 aromatic rings. The summed E-state index contributed by atoms with van der Waals surface area (Å²) in [7, 11) is -3.58. The van der Waals surface area contributed by atoms with Gasteiger partial charge in [0.2, 0.25) is 15.9 Å². The molecule has 0 radical (unpaired) electrons. The van der Waals surface area contributed by atoms with Crippen molar-refractivity contribution < 1.29 is 23.1 Å². The van der Waals surface area contributed by atoms with Gasteiger partial charge in [0.05, 0.1) is 4.90 Å². The number of hydrogen-bond donors (Lipinski definition) is 3. The third-order valence-corrected chi connectivity index (χ3v) is 5.27. The minimum atomic E-state index is -3.58. The first-order valence-electron chi connectivity index (χ1n) is 7.71. The molecule has 0 aliphatic heterocycles. The molecule has 2 rings (SSSR count). The molecule has 130 valence electrons. The van der Waals surface area contributed by atoms with Gasteiger partial charge < -0.3 is 10.4 Å². The fourth-order valence-corrected chi connectivity index (χ4v) is 3.86. The molecule has 0 saturated heterocycles. The second-order valence-electron chi connectivity index (χ2n) is 5.64. The van der Waals surface area contributed by atoms with Crippen LogP contribution in [0.25, 0.3) is 0 Å². The van der Waals surface area contributed by atoms with Gasteiger partial charge >= 0.3 is 5.97 Å². The number of carboxylic acid groups (broad SMARTS) is 1. The Morgan fingerprint density at radius 1 is 1.04 bits per heavy atom. The number of nitrogens with one attached hydrogen (secondary N) is 2. The van der Waals surface area contributed by atoms with Crippen molar-refractivity contribution in [1.29, 1.82) is 0 Å². The first-order chi connectivity index (χ1) is 11.4. The van der Waals surface area contributed by atoms with Gasteiger partial charge in [-0.1, -0.05) is 19.3 Å². The van der Waals surface area contributed by atoms with Crippen LogP contribution in [0.5, 0.6) is 0 Å². The number of rotatable bonds is 6. The second-order valence-corrected chi connectivity index (χ2v) is 7.36. The van der Waals surface area contributed by atoms with Crippen LogP contribution in [-0.4, -0.2) is 31.4 Å². The number of amides is 1. The van der Waals surface area contributed by atoms with Crippen molar-refractivity contribution in [2.45, 2.75) is 43.0 Å². The summed E-state index contributed by atoms with van der Waals surface area (Å²) in [5.74, 6) is -1.83. The van der Waals surface area contributed by atoms with Gasteiger partial charge in [0.1, 0.15) is 0 Å². The molecule has 1 fully saturated rings. The number of anilines is 1. The highest BCUT2D eigenvalue weighted by atomic mass is 32.2. The molecular weight excluding hydrogens is 332 g/mol. The molecule has 8 heteroatoms. The molecule has 0 atom stereocenters. The molecule has 0 unspecified atom stereocenters. The zero-order valence-electron chi connectivity index (χ0n) is 13.1. The molecular formula is C16H20N2O5S. The number of carboxylic acids is 1. The van der Waals surface area contributed by atoms with Crippen molar-refractivity contribution in [2.75, 3.05) is 5.32 Å². The number of sulfonamides is 1. The number of benzene rings is 1. The van der Waals surface area contributed by atoms with Crippen LogP contribution in [0.15, 0.2) is 41.3 Å². The molecule has 0 aromatic heterocycles. The zero-order chi connectivity index (χ0) is 17.6. The van der Waals surface area contributed by atoms with Crippen LogP contribution >= 0.6 is 0 Å². The van der Waals surface area contributed by atoms with Crippen molar-refractivity contribution in [3.05, 3.63) is 36.4 Å². The van der Waals surface area contributed by atoms with Crippen LogP contribution < -0.4 is 10.0 Å². The summed E-state index contributed by atoms with van der Waals surface area (Å²) in [5, 5.41) is 10.9. The maximum absolute atomic E-state index is 12.3. The lowest BCUT2D eigenvalue weighted by atomic mass is 9.96. The molecule has 0 heterocycles. The fraction of sp³-hybridized carbons (Fsp3) is 0.375. The maximum Gasteiger partial charge on any atom is 0.328 e. The zero-order valence-corrected chi connectivity index (χ0v) is 13.9. The average molecular weight is 352 g/mol. The SMILES string of the molecule is O=C(O)/C=C/C(=O)Nc1ccc(S(=O)(=O)NC2CCCCC2)cc1. The molecule has 1 saturated carbocycles. The summed E-state index contributed by atoms with van der Waals surface area (Å²) in [6, 6.07) is 5.71. The predicted molar refractivity (Wildman–Crippen MR) is 89.0 cm³/mol. The largest absolute Gasteiger partial charge is 0.478 e. The van der Waals surface area contributed by atoms with Crippen molar-refractivity contribution in [2.24, 2.45) is 0 Å². The molecule has 0 spiro atoms. The van der Waals surface area contributed by atoms with Crippen molar-refractivity contribution >= 4 is 27.6 Å². The van der Waals surface area contributed by atoms with Crippen molar-refractivity contribution in [3.8, 4) is 0 Å². The van der Waals surface area contributed by atoms with E-state index in [1.54, 1.807) is 0 Å². The molecule has 1 aliphatic carbocycles. The highest BCUT2D eigenvalue weighted by Crippen LogP contribution is 2.20. The van der Waals surface area contributed by atoms with Crippen LogP contribution in [0.3, 0.4) is 0 Å². The highest BCUT2D eigenvalue weighted by Gasteiger charge is 2.21. The Hall–Kier alpha value is -2.19. The quantitative estimate of drug-likeness (QED) is 0.677. The van der Waals surface area contributed by atoms with Crippen LogP contribution in [-0.2, 0) is 19.6 Å². The van der Waals surface area contributed by atoms with E-state index in [9.17, 15) is 18.0 Å². The third kappa shape index (κ3) is 5.47. The van der Waals surface area contributed by atoms with E-state index in [4.69, 9.17) is 5.11 Å². The first-order valence-corrected chi connectivity index (χ1v) is 9.19. The maximum atomic E-state index is 12.3. The second kappa shape index (κ2) is 8.07. The van der Waals surface area contributed by atoms with E-state index in [2.05, 4.69) is 10.0 Å². The smallest absolute Gasteiger partial charge is 0.328 e. The Morgan fingerprint density at radius 2 is 1.67 bits per heavy atom. The number of carbonyl (C=O) groups excluding carboxylic acids is 1. The number of hydrogen-bond acceptors (Lipinski definition) is 4. The van der Waals surface area contributed by atoms with E-state index < -0.39 is 21.9 Å². The van der Waals surface area contributed by atoms with Gasteiger partial charge in [0.25, 0.3) is 0 Å². The molecule has 1 aromatic carbocycles.